The molecule has 0 amide bonds. The second kappa shape index (κ2) is 5.76. The smallest absolute Gasteiger partial charge is 0.134 e. The molecule has 1 heterocycles. The summed E-state index contributed by atoms with van der Waals surface area (Å²) in [6, 6.07) is 12.8. The molecule has 1 nitrogen and oxygen atoms in total. The van der Waals surface area contributed by atoms with E-state index in [0.29, 0.717) is 15.0 Å². The quantitative estimate of drug-likeness (QED) is 0.492. The Bertz CT molecular complexity index is 750. The van der Waals surface area contributed by atoms with E-state index in [1.807, 2.05) is 35.7 Å². The first-order chi connectivity index (χ1) is 9.66. The van der Waals surface area contributed by atoms with Crippen molar-refractivity contribution in [2.45, 2.75) is 0 Å². The standard InChI is InChI=1S/C15H8Br2FNS/c16-10-5-2-1-4-9(10)13-8-20-15(19-13)14-11(17)6-3-7-12(14)18/h1-8H. The minimum absolute atomic E-state index is 0.271. The summed E-state index contributed by atoms with van der Waals surface area (Å²) >= 11 is 8.32. The van der Waals surface area contributed by atoms with Gasteiger partial charge in [-0.25, -0.2) is 9.37 Å². The van der Waals surface area contributed by atoms with Crippen molar-refractivity contribution in [3.05, 3.63) is 62.6 Å². The van der Waals surface area contributed by atoms with Gasteiger partial charge in [0.05, 0.1) is 11.3 Å². The summed E-state index contributed by atoms with van der Waals surface area (Å²) < 4.78 is 15.6. The third-order valence-electron chi connectivity index (χ3n) is 2.83. The number of nitrogens with zero attached hydrogens (tertiary/aromatic N) is 1. The zero-order valence-corrected chi connectivity index (χ0v) is 14.1. The molecule has 0 atom stereocenters. The normalized spacial score (nSPS) is 10.8. The minimum Gasteiger partial charge on any atom is -0.236 e. The van der Waals surface area contributed by atoms with Gasteiger partial charge in [0.2, 0.25) is 0 Å². The lowest BCUT2D eigenvalue weighted by atomic mass is 10.2. The number of aromatic nitrogens is 1. The van der Waals surface area contributed by atoms with Crippen LogP contribution in [0.15, 0.2) is 56.8 Å². The number of thiazole rings is 1. The molecule has 2 aromatic carbocycles. The highest BCUT2D eigenvalue weighted by Crippen LogP contribution is 2.36. The van der Waals surface area contributed by atoms with Crippen LogP contribution in [0.1, 0.15) is 0 Å². The van der Waals surface area contributed by atoms with Gasteiger partial charge in [0.25, 0.3) is 0 Å². The van der Waals surface area contributed by atoms with E-state index in [0.717, 1.165) is 15.7 Å². The number of hydrogen-bond acceptors (Lipinski definition) is 2. The number of rotatable bonds is 2. The van der Waals surface area contributed by atoms with Gasteiger partial charge in [-0.05, 0) is 34.1 Å². The maximum absolute atomic E-state index is 14.0. The van der Waals surface area contributed by atoms with Crippen LogP contribution in [-0.4, -0.2) is 4.98 Å². The van der Waals surface area contributed by atoms with Gasteiger partial charge in [0, 0.05) is 19.9 Å². The molecule has 0 aliphatic heterocycles. The molecule has 0 N–H and O–H groups in total. The van der Waals surface area contributed by atoms with Crippen molar-refractivity contribution in [2.24, 2.45) is 0 Å². The molecule has 0 aliphatic rings. The van der Waals surface area contributed by atoms with Crippen molar-refractivity contribution in [2.75, 3.05) is 0 Å². The second-order valence-corrected chi connectivity index (χ2v) is 6.68. The molecule has 3 rings (SSSR count). The Morgan fingerprint density at radius 2 is 1.70 bits per heavy atom. The minimum atomic E-state index is -0.271. The predicted octanol–water partition coefficient (Wildman–Crippen LogP) is 6.14. The van der Waals surface area contributed by atoms with Crippen LogP contribution in [0.5, 0.6) is 0 Å². The fourth-order valence-corrected chi connectivity index (χ4v) is 3.91. The van der Waals surface area contributed by atoms with Crippen molar-refractivity contribution >= 4 is 43.2 Å². The maximum Gasteiger partial charge on any atom is 0.134 e. The molecule has 100 valence electrons. The second-order valence-electron chi connectivity index (χ2n) is 4.11. The molecule has 20 heavy (non-hydrogen) atoms. The van der Waals surface area contributed by atoms with Crippen LogP contribution in [0.4, 0.5) is 4.39 Å². The highest BCUT2D eigenvalue weighted by molar-refractivity contribution is 9.11. The Balaban J connectivity index is 2.10. The highest BCUT2D eigenvalue weighted by Gasteiger charge is 2.14. The monoisotopic (exact) mass is 411 g/mol. The SMILES string of the molecule is Fc1cccc(Br)c1-c1nc(-c2ccccc2Br)cs1. The van der Waals surface area contributed by atoms with Crippen molar-refractivity contribution in [3.63, 3.8) is 0 Å². The van der Waals surface area contributed by atoms with E-state index >= 15 is 0 Å². The lowest BCUT2D eigenvalue weighted by Crippen LogP contribution is -1.86. The van der Waals surface area contributed by atoms with Gasteiger partial charge in [-0.2, -0.15) is 0 Å². The van der Waals surface area contributed by atoms with Gasteiger partial charge < -0.3 is 0 Å². The first-order valence-electron chi connectivity index (χ1n) is 5.81. The molecule has 0 bridgehead atoms. The predicted molar refractivity (Wildman–Crippen MR) is 88.3 cm³/mol. The molecular formula is C15H8Br2FNS. The lowest BCUT2D eigenvalue weighted by molar-refractivity contribution is 0.630. The van der Waals surface area contributed by atoms with Crippen molar-refractivity contribution < 1.29 is 4.39 Å². The molecule has 0 saturated carbocycles. The van der Waals surface area contributed by atoms with Crippen LogP contribution in [0.3, 0.4) is 0 Å². The first-order valence-corrected chi connectivity index (χ1v) is 8.28. The van der Waals surface area contributed by atoms with Crippen molar-refractivity contribution in [3.8, 4) is 21.8 Å². The molecule has 0 aliphatic carbocycles. The summed E-state index contributed by atoms with van der Waals surface area (Å²) in [4.78, 5) is 4.55. The molecule has 5 heteroatoms. The van der Waals surface area contributed by atoms with Crippen LogP contribution in [0.25, 0.3) is 21.8 Å². The molecule has 0 saturated heterocycles. The van der Waals surface area contributed by atoms with E-state index < -0.39 is 0 Å². The zero-order valence-electron chi connectivity index (χ0n) is 10.1. The van der Waals surface area contributed by atoms with E-state index in [1.54, 1.807) is 6.07 Å². The Labute approximate surface area is 136 Å². The van der Waals surface area contributed by atoms with Crippen LogP contribution in [-0.2, 0) is 0 Å². The largest absolute Gasteiger partial charge is 0.236 e. The summed E-state index contributed by atoms with van der Waals surface area (Å²) in [5.41, 5.74) is 2.35. The topological polar surface area (TPSA) is 12.9 Å². The lowest BCUT2D eigenvalue weighted by Gasteiger charge is -2.02. The highest BCUT2D eigenvalue weighted by atomic mass is 79.9. The number of benzene rings is 2. The van der Waals surface area contributed by atoms with Gasteiger partial charge in [0.1, 0.15) is 10.8 Å². The molecule has 0 fully saturated rings. The fourth-order valence-electron chi connectivity index (χ4n) is 1.88. The van der Waals surface area contributed by atoms with Crippen LogP contribution >= 0.6 is 43.2 Å². The fraction of sp³-hybridized carbons (Fsp3) is 0. The van der Waals surface area contributed by atoms with Gasteiger partial charge in [-0.3, -0.25) is 0 Å². The molecule has 0 radical (unpaired) electrons. The van der Waals surface area contributed by atoms with E-state index in [-0.39, 0.29) is 5.82 Å². The summed E-state index contributed by atoms with van der Waals surface area (Å²) in [5.74, 6) is -0.271. The van der Waals surface area contributed by atoms with Crippen LogP contribution < -0.4 is 0 Å². The number of hydrogen-bond donors (Lipinski definition) is 0. The number of halogens is 3. The molecular weight excluding hydrogens is 405 g/mol. The van der Waals surface area contributed by atoms with E-state index in [2.05, 4.69) is 36.8 Å². The van der Waals surface area contributed by atoms with Crippen molar-refractivity contribution in [1.82, 2.24) is 4.98 Å². The Morgan fingerprint density at radius 1 is 0.950 bits per heavy atom. The Morgan fingerprint density at radius 3 is 2.45 bits per heavy atom. The molecule has 0 spiro atoms. The molecule has 1 aromatic heterocycles. The zero-order chi connectivity index (χ0) is 14.1. The summed E-state index contributed by atoms with van der Waals surface area (Å²) in [6.07, 6.45) is 0. The van der Waals surface area contributed by atoms with Crippen LogP contribution in [0, 0.1) is 5.82 Å². The third-order valence-corrected chi connectivity index (χ3v) is 5.04. The van der Waals surface area contributed by atoms with Crippen molar-refractivity contribution in [1.29, 1.82) is 0 Å². The van der Waals surface area contributed by atoms with Gasteiger partial charge in [-0.1, -0.05) is 40.2 Å². The third kappa shape index (κ3) is 2.57. The maximum atomic E-state index is 14.0. The average molecular weight is 413 g/mol. The summed E-state index contributed by atoms with van der Waals surface area (Å²) in [6.45, 7) is 0. The Hall–Kier alpha value is -1.04. The molecule has 0 unspecified atom stereocenters. The van der Waals surface area contributed by atoms with Gasteiger partial charge in [0.15, 0.2) is 0 Å². The first kappa shape index (κ1) is 13.9. The summed E-state index contributed by atoms with van der Waals surface area (Å²) in [5, 5.41) is 2.61. The summed E-state index contributed by atoms with van der Waals surface area (Å²) in [7, 11) is 0. The van der Waals surface area contributed by atoms with Gasteiger partial charge in [-0.15, -0.1) is 11.3 Å². The van der Waals surface area contributed by atoms with E-state index in [9.17, 15) is 4.39 Å². The van der Waals surface area contributed by atoms with E-state index in [1.165, 1.54) is 17.4 Å². The molecule has 3 aromatic rings. The van der Waals surface area contributed by atoms with Crippen LogP contribution in [0.2, 0.25) is 0 Å². The van der Waals surface area contributed by atoms with Gasteiger partial charge >= 0.3 is 0 Å². The average Bonchev–Trinajstić information content (AvgIpc) is 2.88. The van der Waals surface area contributed by atoms with E-state index in [4.69, 9.17) is 0 Å². The Kier molecular flexibility index (Phi) is 4.01.